The van der Waals surface area contributed by atoms with Crippen molar-refractivity contribution in [3.63, 3.8) is 0 Å². The van der Waals surface area contributed by atoms with Gasteiger partial charge in [0.1, 0.15) is 6.10 Å². The van der Waals surface area contributed by atoms with Gasteiger partial charge in [0, 0.05) is 12.0 Å². The SMILES string of the molecule is CC(C)(C)CC1CC(c2cc(C(F)(F)F)cc(Cl)c2F)=NO1. The van der Waals surface area contributed by atoms with Crippen LogP contribution in [0.2, 0.25) is 5.02 Å². The van der Waals surface area contributed by atoms with E-state index in [9.17, 15) is 17.6 Å². The number of halogens is 5. The molecule has 7 heteroatoms. The van der Waals surface area contributed by atoms with E-state index in [4.69, 9.17) is 16.4 Å². The molecule has 0 aliphatic carbocycles. The summed E-state index contributed by atoms with van der Waals surface area (Å²) >= 11 is 5.58. The molecule has 1 aromatic carbocycles. The highest BCUT2D eigenvalue weighted by molar-refractivity contribution is 6.31. The maximum atomic E-state index is 14.1. The maximum Gasteiger partial charge on any atom is 0.416 e. The molecule has 1 atom stereocenters. The third kappa shape index (κ3) is 3.91. The third-order valence-electron chi connectivity index (χ3n) is 3.24. The summed E-state index contributed by atoms with van der Waals surface area (Å²) in [5.41, 5.74) is -1.13. The first-order chi connectivity index (χ1) is 9.97. The molecule has 1 heterocycles. The van der Waals surface area contributed by atoms with Crippen LogP contribution in [0.5, 0.6) is 0 Å². The van der Waals surface area contributed by atoms with Gasteiger partial charge >= 0.3 is 6.18 Å². The second-order valence-corrected chi connectivity index (χ2v) is 6.96. The van der Waals surface area contributed by atoms with Crippen LogP contribution in [-0.2, 0) is 11.0 Å². The molecule has 1 aromatic rings. The van der Waals surface area contributed by atoms with E-state index in [0.717, 1.165) is 6.07 Å². The smallest absolute Gasteiger partial charge is 0.392 e. The molecule has 0 fully saturated rings. The van der Waals surface area contributed by atoms with Crippen LogP contribution in [-0.4, -0.2) is 11.8 Å². The fourth-order valence-electron chi connectivity index (χ4n) is 2.34. The predicted molar refractivity (Wildman–Crippen MR) is 76.5 cm³/mol. The van der Waals surface area contributed by atoms with Crippen molar-refractivity contribution in [2.24, 2.45) is 10.6 Å². The Bertz CT molecular complexity index is 605. The first-order valence-electron chi connectivity index (χ1n) is 6.77. The van der Waals surface area contributed by atoms with Crippen molar-refractivity contribution in [1.82, 2.24) is 0 Å². The predicted octanol–water partition coefficient (Wildman–Crippen LogP) is 5.43. The van der Waals surface area contributed by atoms with Crippen LogP contribution in [0.3, 0.4) is 0 Å². The van der Waals surface area contributed by atoms with Crippen LogP contribution in [0, 0.1) is 11.2 Å². The highest BCUT2D eigenvalue weighted by Gasteiger charge is 2.34. The van der Waals surface area contributed by atoms with Crippen LogP contribution >= 0.6 is 11.6 Å². The van der Waals surface area contributed by atoms with E-state index in [0.29, 0.717) is 12.5 Å². The summed E-state index contributed by atoms with van der Waals surface area (Å²) in [5, 5.41) is 3.17. The molecule has 122 valence electrons. The normalized spacial score (nSPS) is 19.1. The molecular formula is C15H16ClF4NO. The third-order valence-corrected chi connectivity index (χ3v) is 3.51. The zero-order chi connectivity index (χ0) is 16.7. The molecular weight excluding hydrogens is 322 g/mol. The Morgan fingerprint density at radius 3 is 2.45 bits per heavy atom. The van der Waals surface area contributed by atoms with Gasteiger partial charge in [-0.15, -0.1) is 0 Å². The van der Waals surface area contributed by atoms with Gasteiger partial charge in [-0.05, 0) is 24.0 Å². The molecule has 0 aromatic heterocycles. The van der Waals surface area contributed by atoms with Gasteiger partial charge in [0.2, 0.25) is 0 Å². The van der Waals surface area contributed by atoms with E-state index in [1.54, 1.807) is 0 Å². The molecule has 2 rings (SSSR count). The minimum absolute atomic E-state index is 0.0281. The molecule has 0 amide bonds. The second-order valence-electron chi connectivity index (χ2n) is 6.55. The standard InChI is InChI=1S/C15H16ClF4NO/c1-14(2,3)7-9-6-12(21-22-9)10-4-8(15(18,19)20)5-11(16)13(10)17/h4-5,9H,6-7H2,1-3H3. The van der Waals surface area contributed by atoms with Gasteiger partial charge in [-0.3, -0.25) is 0 Å². The number of benzene rings is 1. The molecule has 2 nitrogen and oxygen atoms in total. The summed E-state index contributed by atoms with van der Waals surface area (Å²) in [5.74, 6) is -0.909. The summed E-state index contributed by atoms with van der Waals surface area (Å²) in [7, 11) is 0. The van der Waals surface area contributed by atoms with E-state index in [1.165, 1.54) is 0 Å². The van der Waals surface area contributed by atoms with Crippen molar-refractivity contribution in [2.45, 2.75) is 45.9 Å². The lowest BCUT2D eigenvalue weighted by Gasteiger charge is -2.21. The summed E-state index contributed by atoms with van der Waals surface area (Å²) in [6.07, 6.45) is -3.96. The Kier molecular flexibility index (Phi) is 4.44. The Labute approximate surface area is 131 Å². The zero-order valence-electron chi connectivity index (χ0n) is 12.4. The average Bonchev–Trinajstić information content (AvgIpc) is 2.76. The van der Waals surface area contributed by atoms with E-state index in [-0.39, 0.29) is 29.2 Å². The van der Waals surface area contributed by atoms with E-state index in [1.807, 2.05) is 20.8 Å². The Hall–Kier alpha value is -1.30. The Morgan fingerprint density at radius 2 is 1.91 bits per heavy atom. The quantitative estimate of drug-likeness (QED) is 0.660. The van der Waals surface area contributed by atoms with Gasteiger partial charge in [0.15, 0.2) is 5.82 Å². The van der Waals surface area contributed by atoms with E-state index >= 15 is 0 Å². The van der Waals surface area contributed by atoms with Gasteiger partial charge in [-0.1, -0.05) is 37.5 Å². The van der Waals surface area contributed by atoms with Crippen molar-refractivity contribution in [3.05, 3.63) is 34.1 Å². The minimum Gasteiger partial charge on any atom is -0.392 e. The van der Waals surface area contributed by atoms with E-state index in [2.05, 4.69) is 5.16 Å². The van der Waals surface area contributed by atoms with Crippen LogP contribution < -0.4 is 0 Å². The summed E-state index contributed by atoms with van der Waals surface area (Å²) in [6.45, 7) is 6.03. The molecule has 0 N–H and O–H groups in total. The van der Waals surface area contributed by atoms with Crippen molar-refractivity contribution in [3.8, 4) is 0 Å². The second kappa shape index (κ2) is 5.72. The van der Waals surface area contributed by atoms with Crippen LogP contribution in [0.15, 0.2) is 17.3 Å². The van der Waals surface area contributed by atoms with Crippen molar-refractivity contribution < 1.29 is 22.4 Å². The van der Waals surface area contributed by atoms with Crippen LogP contribution in [0.4, 0.5) is 17.6 Å². The molecule has 0 radical (unpaired) electrons. The highest BCUT2D eigenvalue weighted by atomic mass is 35.5. The molecule has 0 bridgehead atoms. The molecule has 0 spiro atoms. The minimum atomic E-state index is -4.60. The summed E-state index contributed by atoms with van der Waals surface area (Å²) in [6, 6.07) is 1.30. The molecule has 1 unspecified atom stereocenters. The van der Waals surface area contributed by atoms with Crippen LogP contribution in [0.1, 0.15) is 44.7 Å². The van der Waals surface area contributed by atoms with Crippen molar-refractivity contribution in [1.29, 1.82) is 0 Å². The Balaban J connectivity index is 2.29. The maximum absolute atomic E-state index is 14.1. The van der Waals surface area contributed by atoms with Gasteiger partial charge in [-0.2, -0.15) is 13.2 Å². The number of hydrogen-bond acceptors (Lipinski definition) is 2. The lowest BCUT2D eigenvalue weighted by atomic mass is 9.87. The van der Waals surface area contributed by atoms with Crippen LogP contribution in [0.25, 0.3) is 0 Å². The highest BCUT2D eigenvalue weighted by Crippen LogP contribution is 2.35. The fourth-order valence-corrected chi connectivity index (χ4v) is 2.56. The monoisotopic (exact) mass is 337 g/mol. The number of rotatable bonds is 2. The molecule has 22 heavy (non-hydrogen) atoms. The Morgan fingerprint density at radius 1 is 1.27 bits per heavy atom. The lowest BCUT2D eigenvalue weighted by molar-refractivity contribution is -0.137. The molecule has 0 saturated carbocycles. The largest absolute Gasteiger partial charge is 0.416 e. The number of oxime groups is 1. The first kappa shape index (κ1) is 17.1. The molecule has 0 saturated heterocycles. The number of hydrogen-bond donors (Lipinski definition) is 0. The van der Waals surface area contributed by atoms with Gasteiger partial charge < -0.3 is 4.84 Å². The number of nitrogens with zero attached hydrogens (tertiary/aromatic N) is 1. The fraction of sp³-hybridized carbons (Fsp3) is 0.533. The summed E-state index contributed by atoms with van der Waals surface area (Å²) < 4.78 is 52.5. The zero-order valence-corrected chi connectivity index (χ0v) is 13.1. The lowest BCUT2D eigenvalue weighted by Crippen LogP contribution is -2.18. The molecule has 1 aliphatic heterocycles. The van der Waals surface area contributed by atoms with E-state index < -0.39 is 22.6 Å². The number of alkyl halides is 3. The first-order valence-corrected chi connectivity index (χ1v) is 7.14. The van der Waals surface area contributed by atoms with Gasteiger partial charge in [0.25, 0.3) is 0 Å². The van der Waals surface area contributed by atoms with Gasteiger partial charge in [-0.25, -0.2) is 4.39 Å². The topological polar surface area (TPSA) is 21.6 Å². The van der Waals surface area contributed by atoms with Crippen molar-refractivity contribution >= 4 is 17.3 Å². The van der Waals surface area contributed by atoms with Crippen molar-refractivity contribution in [2.75, 3.05) is 0 Å². The van der Waals surface area contributed by atoms with Gasteiger partial charge in [0.05, 0.1) is 16.3 Å². The summed E-state index contributed by atoms with van der Waals surface area (Å²) in [4.78, 5) is 5.21. The molecule has 1 aliphatic rings. The average molecular weight is 338 g/mol.